The maximum Gasteiger partial charge on any atom is 0.258 e. The van der Waals surface area contributed by atoms with E-state index in [0.29, 0.717) is 46.4 Å². The summed E-state index contributed by atoms with van der Waals surface area (Å²) in [6.07, 6.45) is 0.563. The standard InChI is InChI=1S/C24H22Cl2N2O3/c1-31-20-11-8-17(9-12-20)24(30)28(19-6-3-2-4-7-19)15-5-14-27-23(29)21-13-10-18(25)16-22(21)26/h2-4,6-13,16H,5,14-15H2,1H3,(H,27,29). The van der Waals surface area contributed by atoms with E-state index >= 15 is 0 Å². The highest BCUT2D eigenvalue weighted by Gasteiger charge is 2.18. The number of nitrogens with one attached hydrogen (secondary N) is 1. The molecule has 0 fully saturated rings. The molecule has 0 aliphatic carbocycles. The van der Waals surface area contributed by atoms with Crippen LogP contribution in [0.25, 0.3) is 0 Å². The molecule has 0 heterocycles. The molecule has 0 aliphatic heterocycles. The fourth-order valence-corrected chi connectivity index (χ4v) is 3.55. The molecule has 3 aromatic carbocycles. The van der Waals surface area contributed by atoms with E-state index in [0.717, 1.165) is 5.69 Å². The lowest BCUT2D eigenvalue weighted by atomic mass is 10.1. The van der Waals surface area contributed by atoms with Gasteiger partial charge >= 0.3 is 0 Å². The summed E-state index contributed by atoms with van der Waals surface area (Å²) in [5, 5.41) is 3.61. The summed E-state index contributed by atoms with van der Waals surface area (Å²) in [4.78, 5) is 27.2. The Morgan fingerprint density at radius 3 is 2.32 bits per heavy atom. The maximum atomic E-state index is 13.1. The Labute approximate surface area is 191 Å². The molecule has 0 spiro atoms. The largest absolute Gasteiger partial charge is 0.497 e. The predicted molar refractivity (Wildman–Crippen MR) is 125 cm³/mol. The first-order valence-electron chi connectivity index (χ1n) is 9.74. The first-order valence-corrected chi connectivity index (χ1v) is 10.5. The number of ether oxygens (including phenoxy) is 1. The lowest BCUT2D eigenvalue weighted by Gasteiger charge is -2.23. The van der Waals surface area contributed by atoms with Crippen LogP contribution in [0.5, 0.6) is 5.75 Å². The van der Waals surface area contributed by atoms with Crippen LogP contribution in [0, 0.1) is 0 Å². The van der Waals surface area contributed by atoms with Crippen molar-refractivity contribution < 1.29 is 14.3 Å². The Kier molecular flexibility index (Phi) is 7.93. The van der Waals surface area contributed by atoms with E-state index in [1.807, 2.05) is 30.3 Å². The fraction of sp³-hybridized carbons (Fsp3) is 0.167. The number of benzene rings is 3. The van der Waals surface area contributed by atoms with E-state index in [1.54, 1.807) is 48.4 Å². The minimum atomic E-state index is -0.283. The zero-order valence-electron chi connectivity index (χ0n) is 17.0. The molecule has 0 unspecified atom stereocenters. The molecule has 5 nitrogen and oxygen atoms in total. The first kappa shape index (κ1) is 22.7. The van der Waals surface area contributed by atoms with Gasteiger partial charge in [-0.3, -0.25) is 9.59 Å². The molecule has 1 N–H and O–H groups in total. The Morgan fingerprint density at radius 2 is 1.68 bits per heavy atom. The van der Waals surface area contributed by atoms with Crippen LogP contribution in [-0.2, 0) is 0 Å². The second kappa shape index (κ2) is 10.8. The smallest absolute Gasteiger partial charge is 0.258 e. The summed E-state index contributed by atoms with van der Waals surface area (Å²) in [6, 6.07) is 21.2. The summed E-state index contributed by atoms with van der Waals surface area (Å²) < 4.78 is 5.17. The topological polar surface area (TPSA) is 58.6 Å². The van der Waals surface area contributed by atoms with Gasteiger partial charge < -0.3 is 15.0 Å². The molecular formula is C24H22Cl2N2O3. The highest BCUT2D eigenvalue weighted by Crippen LogP contribution is 2.21. The normalized spacial score (nSPS) is 10.4. The van der Waals surface area contributed by atoms with Gasteiger partial charge in [-0.05, 0) is 61.0 Å². The third-order valence-electron chi connectivity index (χ3n) is 4.67. The Balaban J connectivity index is 1.65. The van der Waals surface area contributed by atoms with E-state index in [9.17, 15) is 9.59 Å². The SMILES string of the molecule is COc1ccc(C(=O)N(CCCNC(=O)c2ccc(Cl)cc2Cl)c2ccccc2)cc1. The maximum absolute atomic E-state index is 13.1. The molecule has 2 amide bonds. The van der Waals surface area contributed by atoms with E-state index in [2.05, 4.69) is 5.32 Å². The summed E-state index contributed by atoms with van der Waals surface area (Å²) in [5.41, 5.74) is 1.71. The number of carbonyl (C=O) groups is 2. The molecule has 0 aliphatic rings. The van der Waals surface area contributed by atoms with Gasteiger partial charge in [-0.25, -0.2) is 0 Å². The third kappa shape index (κ3) is 6.00. The molecule has 160 valence electrons. The van der Waals surface area contributed by atoms with Crippen LogP contribution < -0.4 is 15.0 Å². The number of anilines is 1. The van der Waals surface area contributed by atoms with Crippen LogP contribution in [0.15, 0.2) is 72.8 Å². The summed E-state index contributed by atoms with van der Waals surface area (Å²) in [7, 11) is 1.58. The van der Waals surface area contributed by atoms with Crippen molar-refractivity contribution in [1.29, 1.82) is 0 Å². The van der Waals surface area contributed by atoms with Gasteiger partial charge in [-0.1, -0.05) is 41.4 Å². The molecule has 0 saturated heterocycles. The van der Waals surface area contributed by atoms with Crippen molar-refractivity contribution in [3.8, 4) is 5.75 Å². The van der Waals surface area contributed by atoms with E-state index in [4.69, 9.17) is 27.9 Å². The second-order valence-electron chi connectivity index (χ2n) is 6.75. The zero-order chi connectivity index (χ0) is 22.2. The van der Waals surface area contributed by atoms with Crippen LogP contribution in [0.2, 0.25) is 10.0 Å². The quantitative estimate of drug-likeness (QED) is 0.457. The van der Waals surface area contributed by atoms with Gasteiger partial charge in [0.2, 0.25) is 0 Å². The summed E-state index contributed by atoms with van der Waals surface area (Å²) in [6.45, 7) is 0.820. The molecule has 0 saturated carbocycles. The second-order valence-corrected chi connectivity index (χ2v) is 7.60. The van der Waals surface area contributed by atoms with Crippen LogP contribution >= 0.6 is 23.2 Å². The van der Waals surface area contributed by atoms with E-state index in [1.165, 1.54) is 6.07 Å². The minimum absolute atomic E-state index is 0.124. The van der Waals surface area contributed by atoms with Crippen molar-refractivity contribution in [2.45, 2.75) is 6.42 Å². The van der Waals surface area contributed by atoms with Gasteiger partial charge in [0.15, 0.2) is 0 Å². The van der Waals surface area contributed by atoms with Gasteiger partial charge in [-0.2, -0.15) is 0 Å². The molecule has 3 aromatic rings. The van der Waals surface area contributed by atoms with Gasteiger partial charge in [0.05, 0.1) is 17.7 Å². The van der Waals surface area contributed by atoms with E-state index in [-0.39, 0.29) is 11.8 Å². The number of amides is 2. The molecule has 0 aromatic heterocycles. The molecular weight excluding hydrogens is 435 g/mol. The number of hydrogen-bond donors (Lipinski definition) is 1. The number of hydrogen-bond acceptors (Lipinski definition) is 3. The van der Waals surface area contributed by atoms with Gasteiger partial charge in [-0.15, -0.1) is 0 Å². The number of halogens is 2. The Bertz CT molecular complexity index is 1040. The average molecular weight is 457 g/mol. The van der Waals surface area contributed by atoms with Gasteiger partial charge in [0.1, 0.15) is 5.75 Å². The minimum Gasteiger partial charge on any atom is -0.497 e. The van der Waals surface area contributed by atoms with Gasteiger partial charge in [0.25, 0.3) is 11.8 Å². The van der Waals surface area contributed by atoms with Crippen LogP contribution in [0.3, 0.4) is 0 Å². The monoisotopic (exact) mass is 456 g/mol. The van der Waals surface area contributed by atoms with Crippen molar-refractivity contribution in [1.82, 2.24) is 5.32 Å². The zero-order valence-corrected chi connectivity index (χ0v) is 18.5. The average Bonchev–Trinajstić information content (AvgIpc) is 2.79. The summed E-state index contributed by atoms with van der Waals surface area (Å²) >= 11 is 12.0. The van der Waals surface area contributed by atoms with Crippen molar-refractivity contribution in [3.63, 3.8) is 0 Å². The van der Waals surface area contributed by atoms with Crippen molar-refractivity contribution in [2.75, 3.05) is 25.1 Å². The lowest BCUT2D eigenvalue weighted by molar-refractivity contribution is 0.0953. The van der Waals surface area contributed by atoms with Crippen molar-refractivity contribution in [3.05, 3.63) is 94.0 Å². The predicted octanol–water partition coefficient (Wildman–Crippen LogP) is 5.47. The Hall–Kier alpha value is -3.02. The van der Waals surface area contributed by atoms with Gasteiger partial charge in [0, 0.05) is 29.4 Å². The van der Waals surface area contributed by atoms with Crippen molar-refractivity contribution >= 4 is 40.7 Å². The van der Waals surface area contributed by atoms with Crippen LogP contribution in [-0.4, -0.2) is 32.0 Å². The van der Waals surface area contributed by atoms with Crippen LogP contribution in [0.4, 0.5) is 5.69 Å². The molecule has 0 radical (unpaired) electrons. The number of nitrogens with zero attached hydrogens (tertiary/aromatic N) is 1. The third-order valence-corrected chi connectivity index (χ3v) is 5.22. The molecule has 0 bridgehead atoms. The molecule has 7 heteroatoms. The Morgan fingerprint density at radius 1 is 0.968 bits per heavy atom. The molecule has 31 heavy (non-hydrogen) atoms. The van der Waals surface area contributed by atoms with Crippen molar-refractivity contribution in [2.24, 2.45) is 0 Å². The first-order chi connectivity index (χ1) is 15.0. The molecule has 3 rings (SSSR count). The van der Waals surface area contributed by atoms with E-state index < -0.39 is 0 Å². The number of carbonyl (C=O) groups excluding carboxylic acids is 2. The fourth-order valence-electron chi connectivity index (χ4n) is 3.05. The number of para-hydroxylation sites is 1. The highest BCUT2D eigenvalue weighted by molar-refractivity contribution is 6.36. The summed E-state index contributed by atoms with van der Waals surface area (Å²) in [5.74, 6) is 0.279. The highest BCUT2D eigenvalue weighted by atomic mass is 35.5. The number of methoxy groups -OCH3 is 1. The molecule has 0 atom stereocenters. The lowest BCUT2D eigenvalue weighted by Crippen LogP contribution is -2.34. The number of rotatable bonds is 8. The van der Waals surface area contributed by atoms with Crippen LogP contribution in [0.1, 0.15) is 27.1 Å².